The number of rotatable bonds is 11. The molecule has 3 aromatic carbocycles. The lowest BCUT2D eigenvalue weighted by Crippen LogP contribution is -2.51. The van der Waals surface area contributed by atoms with Crippen molar-refractivity contribution in [3.8, 4) is 33.4 Å². The Morgan fingerprint density at radius 3 is 2.33 bits per heavy atom. The first kappa shape index (κ1) is 27.9. The summed E-state index contributed by atoms with van der Waals surface area (Å²) in [5.74, 6) is 2.50. The van der Waals surface area contributed by atoms with Gasteiger partial charge in [0.15, 0.2) is 12.0 Å². The second-order valence-corrected chi connectivity index (χ2v) is 11.4. The van der Waals surface area contributed by atoms with E-state index in [0.29, 0.717) is 12.4 Å². The van der Waals surface area contributed by atoms with Crippen LogP contribution in [0, 0.1) is 0 Å². The Bertz CT molecular complexity index is 1350. The first-order valence-corrected chi connectivity index (χ1v) is 14.6. The summed E-state index contributed by atoms with van der Waals surface area (Å²) >= 11 is 5.11. The number of methoxy groups -OCH3 is 2. The van der Waals surface area contributed by atoms with Crippen LogP contribution in [0.25, 0.3) is 20.5 Å². The zero-order valence-electron chi connectivity index (χ0n) is 22.1. The highest BCUT2D eigenvalue weighted by Gasteiger charge is 2.25. The smallest absolute Gasteiger partial charge is 0.158 e. The van der Waals surface area contributed by atoms with Crippen molar-refractivity contribution < 1.29 is 24.1 Å². The molecular formula is C30H33BrN2O5S. The number of aromatic hydroxyl groups is 1. The molecule has 1 atom stereocenters. The van der Waals surface area contributed by atoms with E-state index >= 15 is 0 Å². The molecule has 4 aromatic rings. The molecule has 5 rings (SSSR count). The van der Waals surface area contributed by atoms with Crippen LogP contribution >= 0.6 is 27.3 Å². The van der Waals surface area contributed by atoms with Gasteiger partial charge in [-0.25, -0.2) is 0 Å². The van der Waals surface area contributed by atoms with Crippen LogP contribution in [0.1, 0.15) is 6.42 Å². The molecule has 1 aromatic heterocycles. The lowest BCUT2D eigenvalue weighted by molar-refractivity contribution is -0.120. The van der Waals surface area contributed by atoms with Gasteiger partial charge in [0.1, 0.15) is 23.9 Å². The van der Waals surface area contributed by atoms with Crippen LogP contribution in [0.3, 0.4) is 0 Å². The maximum atomic E-state index is 10.0. The van der Waals surface area contributed by atoms with Crippen molar-refractivity contribution in [2.45, 2.75) is 18.8 Å². The van der Waals surface area contributed by atoms with Gasteiger partial charge in [0.25, 0.3) is 0 Å². The monoisotopic (exact) mass is 612 g/mol. The summed E-state index contributed by atoms with van der Waals surface area (Å²) in [4.78, 5) is 3.44. The predicted molar refractivity (Wildman–Crippen MR) is 159 cm³/mol. The zero-order chi connectivity index (χ0) is 27.2. The summed E-state index contributed by atoms with van der Waals surface area (Å²) in [5.41, 5.74) is 1.05. The highest BCUT2D eigenvalue weighted by atomic mass is 79.9. The Balaban J connectivity index is 1.32. The Morgan fingerprint density at radius 2 is 1.64 bits per heavy atom. The molecule has 1 aliphatic rings. The Kier molecular flexibility index (Phi) is 9.39. The molecule has 2 N–H and O–H groups in total. The molecule has 1 saturated heterocycles. The topological polar surface area (TPSA) is 72.4 Å². The Labute approximate surface area is 241 Å². The maximum Gasteiger partial charge on any atom is 0.158 e. The van der Waals surface area contributed by atoms with Gasteiger partial charge in [0.2, 0.25) is 0 Å². The van der Waals surface area contributed by atoms with E-state index in [0.717, 1.165) is 69.1 Å². The molecule has 0 radical (unpaired) electrons. The van der Waals surface area contributed by atoms with Crippen molar-refractivity contribution in [1.82, 2.24) is 10.2 Å². The third-order valence-electron chi connectivity index (χ3n) is 6.88. The number of halogens is 1. The van der Waals surface area contributed by atoms with Crippen LogP contribution in [0.5, 0.6) is 23.0 Å². The molecule has 1 fully saturated rings. The van der Waals surface area contributed by atoms with Gasteiger partial charge in [0, 0.05) is 67.4 Å². The number of piperazine rings is 1. The second kappa shape index (κ2) is 13.1. The normalized spacial score (nSPS) is 15.1. The third kappa shape index (κ3) is 6.92. The first-order chi connectivity index (χ1) is 19.0. The molecule has 0 aliphatic carbocycles. The fraction of sp³-hybridized carbons (Fsp3) is 0.333. The van der Waals surface area contributed by atoms with Crippen LogP contribution in [-0.2, 0) is 9.47 Å². The largest absolute Gasteiger partial charge is 0.508 e. The summed E-state index contributed by atoms with van der Waals surface area (Å²) in [6, 6.07) is 21.4. The van der Waals surface area contributed by atoms with Gasteiger partial charge >= 0.3 is 0 Å². The molecule has 0 spiro atoms. The summed E-state index contributed by atoms with van der Waals surface area (Å²) in [5, 5.41) is 14.4. The lowest BCUT2D eigenvalue weighted by atomic mass is 10.1. The van der Waals surface area contributed by atoms with Crippen molar-refractivity contribution in [2.24, 2.45) is 0 Å². The molecule has 1 unspecified atom stereocenters. The predicted octanol–water partition coefficient (Wildman–Crippen LogP) is 6.49. The fourth-order valence-electron chi connectivity index (χ4n) is 4.75. The van der Waals surface area contributed by atoms with Crippen LogP contribution in [-0.4, -0.2) is 69.3 Å². The van der Waals surface area contributed by atoms with Crippen LogP contribution in [0.4, 0.5) is 0 Å². The van der Waals surface area contributed by atoms with Gasteiger partial charge < -0.3 is 29.4 Å². The molecular weight excluding hydrogens is 580 g/mol. The molecule has 2 heterocycles. The van der Waals surface area contributed by atoms with E-state index in [-0.39, 0.29) is 18.1 Å². The number of nitrogens with one attached hydrogen (secondary N) is 1. The minimum atomic E-state index is -0.272. The number of phenolic OH excluding ortho intramolecular Hbond substituents is 1. The molecule has 39 heavy (non-hydrogen) atoms. The number of fused-ring (bicyclic) bond motifs is 1. The molecule has 0 bridgehead atoms. The van der Waals surface area contributed by atoms with Gasteiger partial charge in [-0.15, -0.1) is 11.3 Å². The summed E-state index contributed by atoms with van der Waals surface area (Å²) in [7, 11) is 3.34. The van der Waals surface area contributed by atoms with Crippen molar-refractivity contribution in [2.75, 3.05) is 47.0 Å². The van der Waals surface area contributed by atoms with Gasteiger partial charge in [-0.2, -0.15) is 0 Å². The Morgan fingerprint density at radius 1 is 0.949 bits per heavy atom. The highest BCUT2D eigenvalue weighted by molar-refractivity contribution is 9.10. The van der Waals surface area contributed by atoms with E-state index in [9.17, 15) is 5.11 Å². The van der Waals surface area contributed by atoms with E-state index in [4.69, 9.17) is 18.9 Å². The van der Waals surface area contributed by atoms with E-state index in [1.165, 1.54) is 0 Å². The number of phenols is 1. The number of hydrogen-bond acceptors (Lipinski definition) is 8. The van der Waals surface area contributed by atoms with Crippen LogP contribution < -0.4 is 14.8 Å². The van der Waals surface area contributed by atoms with E-state index in [1.807, 2.05) is 42.5 Å². The second-order valence-electron chi connectivity index (χ2n) is 9.41. The Hall–Kier alpha value is -2.66. The van der Waals surface area contributed by atoms with Crippen molar-refractivity contribution in [3.05, 3.63) is 71.2 Å². The highest BCUT2D eigenvalue weighted by Crippen LogP contribution is 2.47. The number of nitrogens with zero attached hydrogens (tertiary/aromatic N) is 1. The minimum absolute atomic E-state index is 0.176. The SMILES string of the molecule is COC(CC(COc1ccc(Oc2c(-c3ccc(Br)cc3)sc3cc(O)ccc23)cc1)N1CCNCC1)OC. The molecule has 7 nitrogen and oxygen atoms in total. The van der Waals surface area contributed by atoms with Gasteiger partial charge in [-0.05, 0) is 60.2 Å². The summed E-state index contributed by atoms with van der Waals surface area (Å²) in [6.07, 6.45) is 0.458. The number of hydrogen-bond donors (Lipinski definition) is 2. The standard InChI is InChI=1S/C30H33BrN2O5S/c1-35-28(36-2)17-22(33-15-13-32-14-16-33)19-37-24-8-10-25(11-9-24)38-29-26-12-7-23(34)18-27(26)39-30(29)20-3-5-21(31)6-4-20/h3-12,18,22,28,32,34H,13-17,19H2,1-2H3. The van der Waals surface area contributed by atoms with Gasteiger partial charge in [0.05, 0.1) is 4.88 Å². The minimum Gasteiger partial charge on any atom is -0.508 e. The van der Waals surface area contributed by atoms with Crippen LogP contribution in [0.15, 0.2) is 71.2 Å². The molecule has 0 saturated carbocycles. The van der Waals surface area contributed by atoms with Crippen molar-refractivity contribution in [1.29, 1.82) is 0 Å². The third-order valence-corrected chi connectivity index (χ3v) is 8.59. The van der Waals surface area contributed by atoms with E-state index < -0.39 is 0 Å². The number of benzene rings is 3. The van der Waals surface area contributed by atoms with Crippen molar-refractivity contribution in [3.63, 3.8) is 0 Å². The fourth-order valence-corrected chi connectivity index (χ4v) is 6.18. The average Bonchev–Trinajstić information content (AvgIpc) is 3.32. The molecule has 206 valence electrons. The zero-order valence-corrected chi connectivity index (χ0v) is 24.5. The van der Waals surface area contributed by atoms with Gasteiger partial charge in [-0.3, -0.25) is 4.90 Å². The summed E-state index contributed by atoms with van der Waals surface area (Å²) in [6.45, 7) is 4.40. The van der Waals surface area contributed by atoms with Crippen molar-refractivity contribution >= 4 is 37.4 Å². The summed E-state index contributed by atoms with van der Waals surface area (Å²) < 4.78 is 25.6. The van der Waals surface area contributed by atoms with E-state index in [1.54, 1.807) is 37.7 Å². The molecule has 9 heteroatoms. The van der Waals surface area contributed by atoms with Crippen LogP contribution in [0.2, 0.25) is 0 Å². The average molecular weight is 614 g/mol. The first-order valence-electron chi connectivity index (χ1n) is 13.0. The quantitative estimate of drug-likeness (QED) is 0.188. The lowest BCUT2D eigenvalue weighted by Gasteiger charge is -2.36. The van der Waals surface area contributed by atoms with E-state index in [2.05, 4.69) is 38.3 Å². The molecule has 0 amide bonds. The molecule has 1 aliphatic heterocycles. The number of thiophene rings is 1. The number of ether oxygens (including phenoxy) is 4. The maximum absolute atomic E-state index is 10.0. The van der Waals surface area contributed by atoms with Gasteiger partial charge in [-0.1, -0.05) is 28.1 Å².